The highest BCUT2D eigenvalue weighted by atomic mass is 16.7. The SMILES string of the molecule is CC.CC.CCCCCCCCCCC1=CNC(c2ccc(OC(OC)C3CC=C(CCCCCCC)CC3)cc2)NC1. The van der Waals surface area contributed by atoms with E-state index in [0.29, 0.717) is 5.92 Å². The van der Waals surface area contributed by atoms with Gasteiger partial charge in [0.15, 0.2) is 0 Å². The second-order valence-electron chi connectivity index (χ2n) is 11.9. The van der Waals surface area contributed by atoms with Crippen LogP contribution in [0.4, 0.5) is 0 Å². The van der Waals surface area contributed by atoms with E-state index in [-0.39, 0.29) is 12.5 Å². The van der Waals surface area contributed by atoms with E-state index in [1.807, 2.05) is 27.7 Å². The van der Waals surface area contributed by atoms with Crippen molar-refractivity contribution in [2.75, 3.05) is 13.7 Å². The Bertz CT molecular complexity index is 832. The summed E-state index contributed by atoms with van der Waals surface area (Å²) < 4.78 is 12.1. The average molecular weight is 599 g/mol. The molecule has 4 heteroatoms. The largest absolute Gasteiger partial charge is 0.465 e. The molecular formula is C39H70N2O2. The third-order valence-electron chi connectivity index (χ3n) is 8.57. The van der Waals surface area contributed by atoms with E-state index in [1.54, 1.807) is 12.7 Å². The normalized spacial score (nSPS) is 18.6. The van der Waals surface area contributed by atoms with Crippen LogP contribution in [0.2, 0.25) is 0 Å². The summed E-state index contributed by atoms with van der Waals surface area (Å²) in [6.45, 7) is 13.5. The highest BCUT2D eigenvalue weighted by Crippen LogP contribution is 2.31. The summed E-state index contributed by atoms with van der Waals surface area (Å²) in [7, 11) is 1.78. The van der Waals surface area contributed by atoms with Gasteiger partial charge in [-0.05, 0) is 74.4 Å². The van der Waals surface area contributed by atoms with Gasteiger partial charge in [-0.1, -0.05) is 136 Å². The van der Waals surface area contributed by atoms with Crippen LogP contribution in [0.5, 0.6) is 5.75 Å². The first-order valence-electron chi connectivity index (χ1n) is 18.4. The van der Waals surface area contributed by atoms with Crippen molar-refractivity contribution >= 4 is 0 Å². The van der Waals surface area contributed by atoms with Crippen molar-refractivity contribution in [3.8, 4) is 5.75 Å². The molecule has 0 saturated carbocycles. The van der Waals surface area contributed by atoms with Gasteiger partial charge in [0.25, 0.3) is 0 Å². The van der Waals surface area contributed by atoms with Crippen molar-refractivity contribution in [2.45, 2.75) is 170 Å². The standard InChI is InChI=1S/C35H58N2O2.2C2H6/c1-4-6-8-10-11-12-14-16-18-30-27-36-34(37-28-30)31-23-25-33(26-24-31)39-35(38-3)32-21-19-29(20-22-32)17-15-13-9-7-5-2;2*1-2/h19,23-27,32,34-37H,4-18,20-22,28H2,1-3H3;2*1-2H3. The summed E-state index contributed by atoms with van der Waals surface area (Å²) in [5, 5.41) is 7.23. The Morgan fingerprint density at radius 2 is 1.30 bits per heavy atom. The fourth-order valence-corrected chi connectivity index (χ4v) is 5.95. The first kappa shape index (κ1) is 39.2. The lowest BCUT2D eigenvalue weighted by molar-refractivity contribution is -0.0949. The Hall–Kier alpha value is -1.78. The van der Waals surface area contributed by atoms with Crippen LogP contribution in [-0.4, -0.2) is 19.9 Å². The molecule has 0 aromatic heterocycles. The molecule has 1 aromatic carbocycles. The Morgan fingerprint density at radius 1 is 0.744 bits per heavy atom. The minimum Gasteiger partial charge on any atom is -0.465 e. The van der Waals surface area contributed by atoms with Crippen LogP contribution in [0.1, 0.15) is 169 Å². The molecule has 2 N–H and O–H groups in total. The van der Waals surface area contributed by atoms with Gasteiger partial charge in [-0.3, -0.25) is 5.32 Å². The molecule has 0 bridgehead atoms. The lowest BCUT2D eigenvalue weighted by atomic mass is 9.87. The summed E-state index contributed by atoms with van der Waals surface area (Å²) in [6.07, 6.45) is 28.3. The predicted molar refractivity (Wildman–Crippen MR) is 189 cm³/mol. The lowest BCUT2D eigenvalue weighted by Crippen LogP contribution is -2.37. The van der Waals surface area contributed by atoms with Gasteiger partial charge in [-0.2, -0.15) is 0 Å². The van der Waals surface area contributed by atoms with E-state index in [0.717, 1.165) is 25.1 Å². The highest BCUT2D eigenvalue weighted by Gasteiger charge is 2.25. The molecular weight excluding hydrogens is 528 g/mol. The van der Waals surface area contributed by atoms with E-state index in [2.05, 4.69) is 61.0 Å². The quantitative estimate of drug-likeness (QED) is 0.0890. The number of hydrogen-bond acceptors (Lipinski definition) is 4. The molecule has 3 unspecified atom stereocenters. The maximum absolute atomic E-state index is 6.31. The molecule has 0 fully saturated rings. The predicted octanol–water partition coefficient (Wildman–Crippen LogP) is 11.8. The van der Waals surface area contributed by atoms with Crippen molar-refractivity contribution in [1.82, 2.24) is 10.6 Å². The van der Waals surface area contributed by atoms with E-state index in [1.165, 1.54) is 114 Å². The fourth-order valence-electron chi connectivity index (χ4n) is 5.95. The number of hydrogen-bond donors (Lipinski definition) is 2. The Kier molecular flexibility index (Phi) is 24.3. The number of methoxy groups -OCH3 is 1. The van der Waals surface area contributed by atoms with Crippen molar-refractivity contribution in [3.05, 3.63) is 53.3 Å². The topological polar surface area (TPSA) is 42.5 Å². The Morgan fingerprint density at radius 3 is 1.79 bits per heavy atom. The Balaban J connectivity index is 0.00000221. The third-order valence-corrected chi connectivity index (χ3v) is 8.57. The van der Waals surface area contributed by atoms with Gasteiger partial charge in [-0.25, -0.2) is 0 Å². The molecule has 248 valence electrons. The van der Waals surface area contributed by atoms with Crippen molar-refractivity contribution in [2.24, 2.45) is 5.92 Å². The van der Waals surface area contributed by atoms with Crippen LogP contribution >= 0.6 is 0 Å². The molecule has 2 aliphatic rings. The number of ether oxygens (including phenoxy) is 2. The van der Waals surface area contributed by atoms with Gasteiger partial charge in [0.05, 0.1) is 0 Å². The molecule has 3 rings (SSSR count). The minimum absolute atomic E-state index is 0.156. The molecule has 43 heavy (non-hydrogen) atoms. The molecule has 1 aliphatic heterocycles. The van der Waals surface area contributed by atoms with Crippen molar-refractivity contribution in [3.63, 3.8) is 0 Å². The monoisotopic (exact) mass is 599 g/mol. The second-order valence-corrected chi connectivity index (χ2v) is 11.9. The number of nitrogens with one attached hydrogen (secondary N) is 2. The van der Waals surface area contributed by atoms with Gasteiger partial charge in [0.2, 0.25) is 6.29 Å². The zero-order chi connectivity index (χ0) is 31.5. The van der Waals surface area contributed by atoms with Crippen LogP contribution in [-0.2, 0) is 4.74 Å². The first-order valence-corrected chi connectivity index (χ1v) is 18.4. The number of benzene rings is 1. The summed E-state index contributed by atoms with van der Waals surface area (Å²) in [6, 6.07) is 8.51. The highest BCUT2D eigenvalue weighted by molar-refractivity contribution is 5.30. The van der Waals surface area contributed by atoms with Gasteiger partial charge in [-0.15, -0.1) is 0 Å². The molecule has 4 nitrogen and oxygen atoms in total. The molecule has 1 aromatic rings. The number of allylic oxidation sites excluding steroid dienone is 2. The summed E-state index contributed by atoms with van der Waals surface area (Å²) >= 11 is 0. The van der Waals surface area contributed by atoms with Gasteiger partial charge >= 0.3 is 0 Å². The van der Waals surface area contributed by atoms with Crippen LogP contribution < -0.4 is 15.4 Å². The zero-order valence-corrected chi connectivity index (χ0v) is 29.4. The molecule has 0 spiro atoms. The van der Waals surface area contributed by atoms with Crippen LogP contribution in [0.25, 0.3) is 0 Å². The minimum atomic E-state index is -0.189. The van der Waals surface area contributed by atoms with Gasteiger partial charge in [0, 0.05) is 19.6 Å². The van der Waals surface area contributed by atoms with E-state index in [9.17, 15) is 0 Å². The molecule has 1 heterocycles. The first-order chi connectivity index (χ1) is 21.2. The van der Waals surface area contributed by atoms with E-state index in [4.69, 9.17) is 9.47 Å². The fraction of sp³-hybridized carbons (Fsp3) is 0.744. The average Bonchev–Trinajstić information content (AvgIpc) is 3.07. The number of rotatable bonds is 20. The zero-order valence-electron chi connectivity index (χ0n) is 29.4. The maximum atomic E-state index is 6.31. The summed E-state index contributed by atoms with van der Waals surface area (Å²) in [5.41, 5.74) is 4.37. The third kappa shape index (κ3) is 16.8. The molecule has 0 radical (unpaired) electrons. The van der Waals surface area contributed by atoms with E-state index < -0.39 is 0 Å². The molecule has 1 aliphatic carbocycles. The van der Waals surface area contributed by atoms with E-state index >= 15 is 0 Å². The summed E-state index contributed by atoms with van der Waals surface area (Å²) in [4.78, 5) is 0. The smallest absolute Gasteiger partial charge is 0.202 e. The lowest BCUT2D eigenvalue weighted by Gasteiger charge is -2.29. The van der Waals surface area contributed by atoms with Crippen LogP contribution in [0.15, 0.2) is 47.7 Å². The second kappa shape index (κ2) is 26.6. The molecule has 0 amide bonds. The summed E-state index contributed by atoms with van der Waals surface area (Å²) in [5.74, 6) is 1.31. The maximum Gasteiger partial charge on any atom is 0.202 e. The molecule has 0 saturated heterocycles. The van der Waals surface area contributed by atoms with Crippen LogP contribution in [0, 0.1) is 5.92 Å². The van der Waals surface area contributed by atoms with Gasteiger partial charge < -0.3 is 14.8 Å². The van der Waals surface area contributed by atoms with Gasteiger partial charge in [0.1, 0.15) is 11.9 Å². The number of unbranched alkanes of at least 4 members (excludes halogenated alkanes) is 11. The van der Waals surface area contributed by atoms with Crippen LogP contribution in [0.3, 0.4) is 0 Å². The molecule has 3 atom stereocenters. The Labute approximate surface area is 267 Å². The van der Waals surface area contributed by atoms with Crippen molar-refractivity contribution < 1.29 is 9.47 Å². The van der Waals surface area contributed by atoms with Crippen molar-refractivity contribution in [1.29, 1.82) is 0 Å².